The van der Waals surface area contributed by atoms with Crippen LogP contribution in [0.3, 0.4) is 0 Å². The molecule has 1 aliphatic carbocycles. The number of fused-ring (bicyclic) bond motifs is 1. The zero-order chi connectivity index (χ0) is 11.1. The molecule has 0 aliphatic heterocycles. The van der Waals surface area contributed by atoms with Gasteiger partial charge >= 0.3 is 0 Å². The van der Waals surface area contributed by atoms with E-state index in [1.165, 1.54) is 16.3 Å². The summed E-state index contributed by atoms with van der Waals surface area (Å²) < 4.78 is 6.03. The maximum Gasteiger partial charge on any atom is 0.244 e. The van der Waals surface area contributed by atoms with Crippen molar-refractivity contribution in [1.82, 2.24) is 0 Å². The summed E-state index contributed by atoms with van der Waals surface area (Å²) in [5.74, 6) is 0. The van der Waals surface area contributed by atoms with Gasteiger partial charge in [-0.1, -0.05) is 30.3 Å². The van der Waals surface area contributed by atoms with E-state index in [9.17, 15) is 0 Å². The summed E-state index contributed by atoms with van der Waals surface area (Å²) in [6.45, 7) is 8.57. The van der Waals surface area contributed by atoms with Crippen molar-refractivity contribution in [3.63, 3.8) is 0 Å². The third kappa shape index (κ3) is 2.21. The normalized spacial score (nSPS) is 14.6. The van der Waals surface area contributed by atoms with Gasteiger partial charge in [0.2, 0.25) is 9.04 Å². The molecule has 1 aromatic carbocycles. The fourth-order valence-electron chi connectivity index (χ4n) is 1.83. The quantitative estimate of drug-likeness (QED) is 0.689. The Labute approximate surface area is 93.5 Å². The molecule has 2 rings (SSSR count). The Kier molecular flexibility index (Phi) is 2.57. The van der Waals surface area contributed by atoms with E-state index in [1.807, 2.05) is 0 Å². The minimum atomic E-state index is -0.840. The fourth-order valence-corrected chi connectivity index (χ4v) is 3.82. The van der Waals surface area contributed by atoms with Gasteiger partial charge in [0.1, 0.15) is 0 Å². The molecule has 1 radical (unpaired) electrons. The minimum absolute atomic E-state index is 0.0333. The molecule has 0 saturated heterocycles. The molecule has 0 fully saturated rings. The highest BCUT2D eigenvalue weighted by molar-refractivity contribution is 6.75. The molecule has 0 aromatic heterocycles. The molecule has 0 N–H and O–H groups in total. The molecule has 2 heteroatoms. The zero-order valence-corrected chi connectivity index (χ0v) is 10.8. The van der Waals surface area contributed by atoms with Crippen LogP contribution >= 0.6 is 0 Å². The lowest BCUT2D eigenvalue weighted by molar-refractivity contribution is 0.134. The summed E-state index contributed by atoms with van der Waals surface area (Å²) in [6, 6.07) is 8.52. The van der Waals surface area contributed by atoms with Gasteiger partial charge in [0.15, 0.2) is 0 Å². The Morgan fingerprint density at radius 2 is 1.80 bits per heavy atom. The second-order valence-electron chi connectivity index (χ2n) is 4.92. The van der Waals surface area contributed by atoms with Crippen LogP contribution in [0.4, 0.5) is 0 Å². The van der Waals surface area contributed by atoms with Gasteiger partial charge in [-0.15, -0.1) is 0 Å². The fraction of sp³-hybridized carbons (Fsp3) is 0.385. The standard InChI is InChI=1S/C13H17OSi/c1-13(2,3)14-15(4)12-9-10-7-5-6-8-11(10)12/h5-9H,1-4H3. The molecule has 0 heterocycles. The largest absolute Gasteiger partial charge is 0.407 e. The average Bonchev–Trinajstić information content (AvgIpc) is 2.03. The van der Waals surface area contributed by atoms with Crippen LogP contribution in [0, 0.1) is 0 Å². The Bertz CT molecular complexity index is 401. The lowest BCUT2D eigenvalue weighted by Gasteiger charge is -2.29. The van der Waals surface area contributed by atoms with Crippen LogP contribution in [0.5, 0.6) is 0 Å². The van der Waals surface area contributed by atoms with Crippen LogP contribution < -0.4 is 0 Å². The molecule has 0 atom stereocenters. The Hall–Kier alpha value is -0.863. The monoisotopic (exact) mass is 217 g/mol. The highest BCUT2D eigenvalue weighted by atomic mass is 28.3. The average molecular weight is 217 g/mol. The van der Waals surface area contributed by atoms with E-state index in [0.717, 1.165) is 0 Å². The Morgan fingerprint density at radius 1 is 1.13 bits per heavy atom. The first-order valence-electron chi connectivity index (χ1n) is 5.31. The van der Waals surface area contributed by atoms with E-state index in [-0.39, 0.29) is 5.60 Å². The molecule has 1 nitrogen and oxygen atoms in total. The number of rotatable bonds is 2. The van der Waals surface area contributed by atoms with Crippen molar-refractivity contribution in [2.75, 3.05) is 0 Å². The van der Waals surface area contributed by atoms with Crippen molar-refractivity contribution in [2.24, 2.45) is 0 Å². The van der Waals surface area contributed by atoms with Crippen LogP contribution in [0.15, 0.2) is 24.3 Å². The molecule has 1 aromatic rings. The molecule has 0 bridgehead atoms. The summed E-state index contributed by atoms with van der Waals surface area (Å²) in [4.78, 5) is 0. The molecular weight excluding hydrogens is 200 g/mol. The molecule has 79 valence electrons. The van der Waals surface area contributed by atoms with Crippen LogP contribution in [0.25, 0.3) is 11.3 Å². The van der Waals surface area contributed by atoms with E-state index in [2.05, 4.69) is 57.7 Å². The van der Waals surface area contributed by atoms with E-state index >= 15 is 0 Å². The van der Waals surface area contributed by atoms with Crippen LogP contribution in [0.2, 0.25) is 6.55 Å². The van der Waals surface area contributed by atoms with Gasteiger partial charge in [0.25, 0.3) is 0 Å². The summed E-state index contributed by atoms with van der Waals surface area (Å²) in [5, 5.41) is 1.42. The summed E-state index contributed by atoms with van der Waals surface area (Å²) >= 11 is 0. The SMILES string of the molecule is C[Si](OC(C)(C)C)C1=Cc2ccccc21. The molecule has 1 aliphatic rings. The lowest BCUT2D eigenvalue weighted by atomic mass is 9.98. The summed E-state index contributed by atoms with van der Waals surface area (Å²) in [5.41, 5.74) is 2.71. The Balaban J connectivity index is 2.10. The smallest absolute Gasteiger partial charge is 0.244 e. The third-order valence-electron chi connectivity index (χ3n) is 2.39. The molecular formula is C13H17OSi. The second kappa shape index (κ2) is 3.61. The lowest BCUT2D eigenvalue weighted by Crippen LogP contribution is -2.31. The van der Waals surface area contributed by atoms with Crippen molar-refractivity contribution in [3.8, 4) is 0 Å². The molecule has 0 unspecified atom stereocenters. The maximum absolute atomic E-state index is 6.03. The van der Waals surface area contributed by atoms with Gasteiger partial charge in [-0.05, 0) is 43.6 Å². The van der Waals surface area contributed by atoms with Crippen molar-refractivity contribution in [2.45, 2.75) is 32.9 Å². The number of hydrogen-bond donors (Lipinski definition) is 0. The molecule has 0 spiro atoms. The Morgan fingerprint density at radius 3 is 2.40 bits per heavy atom. The summed E-state index contributed by atoms with van der Waals surface area (Å²) in [6.07, 6.45) is 2.26. The number of hydrogen-bond acceptors (Lipinski definition) is 1. The minimum Gasteiger partial charge on any atom is -0.407 e. The van der Waals surface area contributed by atoms with Crippen molar-refractivity contribution in [3.05, 3.63) is 35.4 Å². The predicted molar refractivity (Wildman–Crippen MR) is 66.8 cm³/mol. The van der Waals surface area contributed by atoms with Gasteiger partial charge in [-0.3, -0.25) is 0 Å². The van der Waals surface area contributed by atoms with Gasteiger partial charge in [0, 0.05) is 5.60 Å². The van der Waals surface area contributed by atoms with Crippen LogP contribution in [0.1, 0.15) is 31.9 Å². The van der Waals surface area contributed by atoms with E-state index in [0.29, 0.717) is 0 Å². The maximum atomic E-state index is 6.03. The van der Waals surface area contributed by atoms with Crippen molar-refractivity contribution >= 4 is 20.3 Å². The van der Waals surface area contributed by atoms with Gasteiger partial charge < -0.3 is 4.43 Å². The topological polar surface area (TPSA) is 9.23 Å². The second-order valence-corrected chi connectivity index (χ2v) is 6.77. The molecule has 0 saturated carbocycles. The third-order valence-corrected chi connectivity index (χ3v) is 4.48. The first kappa shape index (κ1) is 10.6. The molecule has 15 heavy (non-hydrogen) atoms. The summed E-state index contributed by atoms with van der Waals surface area (Å²) in [7, 11) is -0.840. The number of benzene rings is 1. The first-order valence-corrected chi connectivity index (χ1v) is 7.22. The first-order chi connectivity index (χ1) is 6.97. The van der Waals surface area contributed by atoms with E-state index < -0.39 is 9.04 Å². The van der Waals surface area contributed by atoms with Gasteiger partial charge in [0.05, 0.1) is 0 Å². The predicted octanol–water partition coefficient (Wildman–Crippen LogP) is 3.52. The molecule has 0 amide bonds. The van der Waals surface area contributed by atoms with Crippen LogP contribution in [-0.4, -0.2) is 14.6 Å². The van der Waals surface area contributed by atoms with Gasteiger partial charge in [-0.2, -0.15) is 0 Å². The van der Waals surface area contributed by atoms with Gasteiger partial charge in [-0.25, -0.2) is 0 Å². The van der Waals surface area contributed by atoms with E-state index in [4.69, 9.17) is 4.43 Å². The van der Waals surface area contributed by atoms with Crippen LogP contribution in [-0.2, 0) is 4.43 Å². The highest BCUT2D eigenvalue weighted by Gasteiger charge is 2.26. The van der Waals surface area contributed by atoms with E-state index in [1.54, 1.807) is 0 Å². The van der Waals surface area contributed by atoms with Crippen molar-refractivity contribution < 1.29 is 4.43 Å². The van der Waals surface area contributed by atoms with Crippen molar-refractivity contribution in [1.29, 1.82) is 0 Å². The zero-order valence-electron chi connectivity index (χ0n) is 9.79. The highest BCUT2D eigenvalue weighted by Crippen LogP contribution is 2.35.